The van der Waals surface area contributed by atoms with Crippen LogP contribution in [0.3, 0.4) is 0 Å². The van der Waals surface area contributed by atoms with Gasteiger partial charge >= 0.3 is 0 Å². The molecule has 0 bridgehead atoms. The van der Waals surface area contributed by atoms with E-state index in [1.807, 2.05) is 54.6 Å². The molecule has 1 saturated heterocycles. The molecule has 1 aliphatic rings. The van der Waals surface area contributed by atoms with Gasteiger partial charge in [0.25, 0.3) is 0 Å². The van der Waals surface area contributed by atoms with Crippen LogP contribution in [0.1, 0.15) is 42.4 Å². The molecule has 2 amide bonds. The molecule has 2 N–H and O–H groups in total. The van der Waals surface area contributed by atoms with Crippen LogP contribution in [0.4, 0.5) is 0 Å². The zero-order valence-electron chi connectivity index (χ0n) is 24.7. The number of nitrogens with one attached hydrogen (secondary N) is 1. The second-order valence-electron chi connectivity index (χ2n) is 10.7. The predicted molar refractivity (Wildman–Crippen MR) is 165 cm³/mol. The minimum absolute atomic E-state index is 0.0454. The lowest BCUT2D eigenvalue weighted by molar-refractivity contribution is -0.141. The first-order valence-corrected chi connectivity index (χ1v) is 16.2. The highest BCUT2D eigenvalue weighted by Gasteiger charge is 2.30. The molecule has 1 fully saturated rings. The van der Waals surface area contributed by atoms with Gasteiger partial charge in [0.2, 0.25) is 21.8 Å². The van der Waals surface area contributed by atoms with Gasteiger partial charge in [0.15, 0.2) is 0 Å². The molecule has 1 aliphatic heterocycles. The van der Waals surface area contributed by atoms with Crippen molar-refractivity contribution in [1.82, 2.24) is 14.5 Å². The summed E-state index contributed by atoms with van der Waals surface area (Å²) in [4.78, 5) is 29.3. The van der Waals surface area contributed by atoms with E-state index in [1.54, 1.807) is 36.3 Å². The first-order valence-electron chi connectivity index (χ1n) is 14.8. The van der Waals surface area contributed by atoms with Gasteiger partial charge in [-0.15, -0.1) is 0 Å². The molecular formula is C33H41N3O6S. The topological polar surface area (TPSA) is 116 Å². The van der Waals surface area contributed by atoms with Crippen molar-refractivity contribution in [3.63, 3.8) is 0 Å². The Balaban J connectivity index is 1.54. The van der Waals surface area contributed by atoms with Gasteiger partial charge in [0.05, 0.1) is 12.0 Å². The maximum atomic E-state index is 13.9. The molecule has 0 aromatic heterocycles. The monoisotopic (exact) mass is 607 g/mol. The second-order valence-corrected chi connectivity index (χ2v) is 12.6. The number of carbonyl (C=O) groups is 2. The van der Waals surface area contributed by atoms with Crippen molar-refractivity contribution in [3.05, 3.63) is 95.6 Å². The van der Waals surface area contributed by atoms with Crippen LogP contribution in [0.2, 0.25) is 0 Å². The van der Waals surface area contributed by atoms with Gasteiger partial charge in [-0.1, -0.05) is 54.6 Å². The maximum absolute atomic E-state index is 13.9. The number of amides is 2. The van der Waals surface area contributed by atoms with E-state index in [0.717, 1.165) is 29.5 Å². The van der Waals surface area contributed by atoms with E-state index < -0.39 is 16.1 Å². The molecule has 4 rings (SSSR count). The molecule has 1 heterocycles. The number of benzene rings is 3. The summed E-state index contributed by atoms with van der Waals surface area (Å²) in [5.74, 6) is 0.220. The molecule has 1 atom stereocenters. The SMILES string of the molecule is COc1ccc(CN(C(=O)CCc2ccc(S(=O)(=O)N3CCCC3)cc2)[C@@H](Cc2ccccc2)C(=O)NCCCO)cc1. The number of ether oxygens (including phenoxy) is 1. The number of sulfonamides is 1. The third-order valence-electron chi connectivity index (χ3n) is 7.67. The number of aliphatic hydroxyl groups excluding tert-OH is 1. The van der Waals surface area contributed by atoms with E-state index in [-0.39, 0.29) is 36.3 Å². The molecule has 9 nitrogen and oxygen atoms in total. The van der Waals surface area contributed by atoms with E-state index in [4.69, 9.17) is 4.74 Å². The highest BCUT2D eigenvalue weighted by Crippen LogP contribution is 2.22. The van der Waals surface area contributed by atoms with Crippen LogP contribution in [0.15, 0.2) is 83.8 Å². The quantitative estimate of drug-likeness (QED) is 0.255. The zero-order chi connectivity index (χ0) is 30.7. The fraction of sp³-hybridized carbons (Fsp3) is 0.394. The minimum atomic E-state index is -3.51. The summed E-state index contributed by atoms with van der Waals surface area (Å²) in [6, 6.07) is 22.9. The van der Waals surface area contributed by atoms with Gasteiger partial charge in [-0.25, -0.2) is 8.42 Å². The normalized spacial score (nSPS) is 14.3. The number of carbonyl (C=O) groups excluding carboxylic acids is 2. The molecule has 0 spiro atoms. The number of methoxy groups -OCH3 is 1. The van der Waals surface area contributed by atoms with Gasteiger partial charge in [0.1, 0.15) is 11.8 Å². The Morgan fingerprint density at radius 3 is 2.21 bits per heavy atom. The average molecular weight is 608 g/mol. The Morgan fingerprint density at radius 1 is 0.930 bits per heavy atom. The third-order valence-corrected chi connectivity index (χ3v) is 9.58. The summed E-state index contributed by atoms with van der Waals surface area (Å²) < 4.78 is 32.6. The minimum Gasteiger partial charge on any atom is -0.497 e. The smallest absolute Gasteiger partial charge is 0.243 e. The summed E-state index contributed by atoms with van der Waals surface area (Å²) in [6.45, 7) is 1.57. The number of aliphatic hydroxyl groups is 1. The van der Waals surface area contributed by atoms with E-state index in [0.29, 0.717) is 44.6 Å². The molecule has 0 aliphatic carbocycles. The molecule has 10 heteroatoms. The van der Waals surface area contributed by atoms with E-state index >= 15 is 0 Å². The first kappa shape index (κ1) is 32.2. The third kappa shape index (κ3) is 8.89. The van der Waals surface area contributed by atoms with Crippen LogP contribution in [0.25, 0.3) is 0 Å². The van der Waals surface area contributed by atoms with Crippen LogP contribution in [-0.2, 0) is 39.0 Å². The molecule has 43 heavy (non-hydrogen) atoms. The molecule has 0 radical (unpaired) electrons. The summed E-state index contributed by atoms with van der Waals surface area (Å²) in [5, 5.41) is 12.1. The lowest BCUT2D eigenvalue weighted by Gasteiger charge is -2.32. The summed E-state index contributed by atoms with van der Waals surface area (Å²) in [6.07, 6.45) is 3.03. The van der Waals surface area contributed by atoms with Crippen LogP contribution in [0, 0.1) is 0 Å². The van der Waals surface area contributed by atoms with Crippen molar-refractivity contribution in [3.8, 4) is 5.75 Å². The Labute approximate surface area is 254 Å². The molecule has 3 aromatic rings. The largest absolute Gasteiger partial charge is 0.497 e. The van der Waals surface area contributed by atoms with Gasteiger partial charge in [-0.2, -0.15) is 4.31 Å². The van der Waals surface area contributed by atoms with Crippen LogP contribution in [0.5, 0.6) is 5.75 Å². The maximum Gasteiger partial charge on any atom is 0.243 e. The van der Waals surface area contributed by atoms with Crippen molar-refractivity contribution >= 4 is 21.8 Å². The second kappa shape index (κ2) is 15.7. The van der Waals surface area contributed by atoms with Gasteiger partial charge < -0.3 is 20.1 Å². The summed E-state index contributed by atoms with van der Waals surface area (Å²) >= 11 is 0. The van der Waals surface area contributed by atoms with E-state index in [1.165, 1.54) is 4.31 Å². The van der Waals surface area contributed by atoms with Crippen molar-refractivity contribution in [2.75, 3.05) is 33.4 Å². The van der Waals surface area contributed by atoms with Gasteiger partial charge in [-0.05, 0) is 66.6 Å². The average Bonchev–Trinajstić information content (AvgIpc) is 3.59. The number of aryl methyl sites for hydroxylation is 1. The number of hydrogen-bond acceptors (Lipinski definition) is 6. The lowest BCUT2D eigenvalue weighted by Crippen LogP contribution is -2.50. The van der Waals surface area contributed by atoms with Crippen molar-refractivity contribution < 1.29 is 27.9 Å². The Bertz CT molecular complexity index is 1420. The fourth-order valence-corrected chi connectivity index (χ4v) is 6.71. The van der Waals surface area contributed by atoms with Gasteiger partial charge in [-0.3, -0.25) is 9.59 Å². The highest BCUT2D eigenvalue weighted by atomic mass is 32.2. The Kier molecular flexibility index (Phi) is 11.7. The molecule has 0 saturated carbocycles. The summed E-state index contributed by atoms with van der Waals surface area (Å²) in [7, 11) is -1.92. The predicted octanol–water partition coefficient (Wildman–Crippen LogP) is 3.55. The molecule has 0 unspecified atom stereocenters. The lowest BCUT2D eigenvalue weighted by atomic mass is 10.0. The van der Waals surface area contributed by atoms with Crippen LogP contribution >= 0.6 is 0 Å². The van der Waals surface area contributed by atoms with Crippen molar-refractivity contribution in [2.45, 2.75) is 56.0 Å². The fourth-order valence-electron chi connectivity index (χ4n) is 5.19. The standard InChI is InChI=1S/C33H41N3O6S/c1-42-29-15-10-28(11-16-29)25-36(31(33(39)34-20-7-23-37)24-27-8-3-2-4-9-27)32(38)19-14-26-12-17-30(18-13-26)43(40,41)35-21-5-6-22-35/h2-4,8-13,15-18,31,37H,5-7,14,19-25H2,1H3,(H,34,39)/t31-/m0/s1. The van der Waals surface area contributed by atoms with E-state index in [2.05, 4.69) is 5.32 Å². The Hall–Kier alpha value is -3.73. The van der Waals surface area contributed by atoms with Crippen LogP contribution in [-0.4, -0.2) is 73.9 Å². The highest BCUT2D eigenvalue weighted by molar-refractivity contribution is 7.89. The summed E-state index contributed by atoms with van der Waals surface area (Å²) in [5.41, 5.74) is 2.61. The van der Waals surface area contributed by atoms with Crippen LogP contribution < -0.4 is 10.1 Å². The molecule has 230 valence electrons. The first-order chi connectivity index (χ1) is 20.8. The number of nitrogens with zero attached hydrogens (tertiary/aromatic N) is 2. The Morgan fingerprint density at radius 2 is 1.58 bits per heavy atom. The number of hydrogen-bond donors (Lipinski definition) is 2. The molecule has 3 aromatic carbocycles. The zero-order valence-corrected chi connectivity index (χ0v) is 25.5. The van der Waals surface area contributed by atoms with Crippen molar-refractivity contribution in [2.24, 2.45) is 0 Å². The van der Waals surface area contributed by atoms with Gasteiger partial charge in [0, 0.05) is 45.6 Å². The van der Waals surface area contributed by atoms with E-state index in [9.17, 15) is 23.1 Å². The molecular weight excluding hydrogens is 566 g/mol. The van der Waals surface area contributed by atoms with Crippen molar-refractivity contribution in [1.29, 1.82) is 0 Å². The number of rotatable bonds is 15.